The summed E-state index contributed by atoms with van der Waals surface area (Å²) >= 11 is 1.50. The first kappa shape index (κ1) is 14.3. The molecule has 0 bridgehead atoms. The van der Waals surface area contributed by atoms with Gasteiger partial charge in [0.1, 0.15) is 17.1 Å². The molecule has 3 aromatic rings. The van der Waals surface area contributed by atoms with Crippen LogP contribution in [0, 0.1) is 0 Å². The Balaban J connectivity index is 1.92. The molecule has 0 saturated heterocycles. The monoisotopic (exact) mass is 315 g/mol. The number of imidazole rings is 1. The van der Waals surface area contributed by atoms with E-state index < -0.39 is 5.97 Å². The molecule has 0 fully saturated rings. The number of nitrogens with zero attached hydrogens (tertiary/aromatic N) is 4. The van der Waals surface area contributed by atoms with Crippen LogP contribution in [-0.4, -0.2) is 30.6 Å². The first-order valence-corrected chi connectivity index (χ1v) is 7.49. The van der Waals surface area contributed by atoms with Gasteiger partial charge in [-0.25, -0.2) is 9.97 Å². The number of carbonyl (C=O) groups is 1. The van der Waals surface area contributed by atoms with E-state index in [4.69, 9.17) is 10.8 Å². The topological polar surface area (TPSA) is 107 Å². The molecule has 7 nitrogen and oxygen atoms in total. The van der Waals surface area contributed by atoms with Crippen LogP contribution in [0.5, 0.6) is 0 Å². The fraction of sp³-hybridized carbons (Fsp3) is 0.143. The van der Waals surface area contributed by atoms with Crippen LogP contribution in [0.1, 0.15) is 5.56 Å². The minimum Gasteiger partial charge on any atom is -0.480 e. The summed E-state index contributed by atoms with van der Waals surface area (Å²) in [6, 6.07) is 9.96. The van der Waals surface area contributed by atoms with Crippen molar-refractivity contribution in [2.24, 2.45) is 0 Å². The molecule has 22 heavy (non-hydrogen) atoms. The van der Waals surface area contributed by atoms with E-state index >= 15 is 0 Å². The summed E-state index contributed by atoms with van der Waals surface area (Å²) in [6.07, 6.45) is 1.44. The molecule has 112 valence electrons. The highest BCUT2D eigenvalue weighted by atomic mass is 32.2. The van der Waals surface area contributed by atoms with E-state index in [2.05, 4.69) is 15.0 Å². The van der Waals surface area contributed by atoms with Gasteiger partial charge < -0.3 is 15.4 Å². The molecule has 0 spiro atoms. The number of hydrogen-bond acceptors (Lipinski definition) is 6. The van der Waals surface area contributed by atoms with Crippen LogP contribution in [-0.2, 0) is 17.1 Å². The zero-order chi connectivity index (χ0) is 15.5. The zero-order valence-corrected chi connectivity index (χ0v) is 12.3. The van der Waals surface area contributed by atoms with Crippen molar-refractivity contribution in [3.05, 3.63) is 42.2 Å². The van der Waals surface area contributed by atoms with Crippen LogP contribution in [0.3, 0.4) is 0 Å². The first-order chi connectivity index (χ1) is 10.6. The largest absolute Gasteiger partial charge is 0.480 e. The van der Waals surface area contributed by atoms with Crippen molar-refractivity contribution >= 4 is 34.8 Å². The lowest BCUT2D eigenvalue weighted by Crippen LogP contribution is -2.09. The summed E-state index contributed by atoms with van der Waals surface area (Å²) < 4.78 is 1.45. The van der Waals surface area contributed by atoms with Crippen LogP contribution in [0.4, 0.5) is 5.95 Å². The first-order valence-electron chi connectivity index (χ1n) is 6.50. The van der Waals surface area contributed by atoms with Crippen LogP contribution in [0.15, 0.2) is 41.7 Å². The second-order valence-electron chi connectivity index (χ2n) is 4.60. The van der Waals surface area contributed by atoms with Gasteiger partial charge in [0.15, 0.2) is 5.65 Å². The van der Waals surface area contributed by atoms with E-state index in [1.165, 1.54) is 22.7 Å². The Kier molecular flexibility index (Phi) is 3.92. The van der Waals surface area contributed by atoms with Crippen molar-refractivity contribution in [2.75, 3.05) is 5.73 Å². The van der Waals surface area contributed by atoms with Gasteiger partial charge in [0.2, 0.25) is 5.95 Å². The van der Waals surface area contributed by atoms with Crippen molar-refractivity contribution in [2.45, 2.75) is 17.3 Å². The predicted octanol–water partition coefficient (Wildman–Crippen LogP) is 1.79. The standard InChI is InChI=1S/C14H13N5O2S/c15-14-17-12-11(16-8-19(12)6-10(20)21)13(18-14)22-7-9-4-2-1-3-5-9/h1-5,8H,6-7H2,(H,20,21)(H2,15,17,18). The van der Waals surface area contributed by atoms with E-state index in [1.54, 1.807) is 0 Å². The highest BCUT2D eigenvalue weighted by Crippen LogP contribution is 2.27. The molecule has 8 heteroatoms. The summed E-state index contributed by atoms with van der Waals surface area (Å²) in [5.41, 5.74) is 7.89. The molecule has 0 aliphatic heterocycles. The van der Waals surface area contributed by atoms with Gasteiger partial charge in [0, 0.05) is 5.75 Å². The molecule has 3 N–H and O–H groups in total. The molecule has 0 aliphatic rings. The Bertz CT molecular complexity index is 819. The maximum Gasteiger partial charge on any atom is 0.323 e. The molecule has 0 radical (unpaired) electrons. The Labute approximate surface area is 130 Å². The number of carboxylic acid groups (broad SMARTS) is 1. The molecule has 2 heterocycles. The van der Waals surface area contributed by atoms with E-state index in [1.807, 2.05) is 30.3 Å². The highest BCUT2D eigenvalue weighted by Gasteiger charge is 2.14. The van der Waals surface area contributed by atoms with Crippen molar-refractivity contribution in [3.63, 3.8) is 0 Å². The second kappa shape index (κ2) is 6.02. The molecule has 2 aromatic heterocycles. The SMILES string of the molecule is Nc1nc(SCc2ccccc2)c2ncn(CC(=O)O)c2n1. The normalized spacial score (nSPS) is 10.9. The Morgan fingerprint density at radius 2 is 2.05 bits per heavy atom. The Hall–Kier alpha value is -2.61. The summed E-state index contributed by atoms with van der Waals surface area (Å²) in [5.74, 6) is -0.136. The number of rotatable bonds is 5. The number of aromatic nitrogens is 4. The maximum absolute atomic E-state index is 10.9. The summed E-state index contributed by atoms with van der Waals surface area (Å²) in [6.45, 7) is -0.213. The Morgan fingerprint density at radius 3 is 2.77 bits per heavy atom. The van der Waals surface area contributed by atoms with Gasteiger partial charge in [-0.1, -0.05) is 42.1 Å². The van der Waals surface area contributed by atoms with E-state index in [0.717, 1.165) is 11.3 Å². The number of benzene rings is 1. The van der Waals surface area contributed by atoms with Crippen LogP contribution in [0.2, 0.25) is 0 Å². The number of nitrogen functional groups attached to an aromatic ring is 1. The van der Waals surface area contributed by atoms with E-state index in [0.29, 0.717) is 16.2 Å². The molecular weight excluding hydrogens is 302 g/mol. The van der Waals surface area contributed by atoms with Crippen molar-refractivity contribution in [3.8, 4) is 0 Å². The van der Waals surface area contributed by atoms with Gasteiger partial charge in [-0.15, -0.1) is 0 Å². The van der Waals surface area contributed by atoms with Gasteiger partial charge in [-0.2, -0.15) is 4.98 Å². The number of fused-ring (bicyclic) bond motifs is 1. The molecule has 0 aliphatic carbocycles. The molecule has 0 unspecified atom stereocenters. The minimum absolute atomic E-state index is 0.107. The minimum atomic E-state index is -0.963. The third kappa shape index (κ3) is 3.01. The van der Waals surface area contributed by atoms with Crippen LogP contribution in [0.25, 0.3) is 11.2 Å². The number of carboxylic acids is 1. The predicted molar refractivity (Wildman–Crippen MR) is 83.4 cm³/mol. The smallest absolute Gasteiger partial charge is 0.323 e. The average molecular weight is 315 g/mol. The summed E-state index contributed by atoms with van der Waals surface area (Å²) in [7, 11) is 0. The molecule has 0 atom stereocenters. The number of hydrogen-bond donors (Lipinski definition) is 2. The molecule has 0 amide bonds. The van der Waals surface area contributed by atoms with Crippen molar-refractivity contribution in [1.29, 1.82) is 0 Å². The zero-order valence-electron chi connectivity index (χ0n) is 11.5. The van der Waals surface area contributed by atoms with E-state index in [9.17, 15) is 4.79 Å². The molecule has 0 saturated carbocycles. The van der Waals surface area contributed by atoms with Gasteiger partial charge in [-0.05, 0) is 5.56 Å². The third-order valence-electron chi connectivity index (χ3n) is 2.97. The lowest BCUT2D eigenvalue weighted by atomic mass is 10.2. The van der Waals surface area contributed by atoms with Crippen molar-refractivity contribution in [1.82, 2.24) is 19.5 Å². The fourth-order valence-corrected chi connectivity index (χ4v) is 2.96. The van der Waals surface area contributed by atoms with E-state index in [-0.39, 0.29) is 12.5 Å². The number of aliphatic carboxylic acids is 1. The average Bonchev–Trinajstić information content (AvgIpc) is 2.88. The molecular formula is C14H13N5O2S. The third-order valence-corrected chi connectivity index (χ3v) is 4.01. The highest BCUT2D eigenvalue weighted by molar-refractivity contribution is 7.98. The lowest BCUT2D eigenvalue weighted by Gasteiger charge is -2.04. The number of thioether (sulfide) groups is 1. The van der Waals surface area contributed by atoms with Gasteiger partial charge in [0.25, 0.3) is 0 Å². The number of anilines is 1. The summed E-state index contributed by atoms with van der Waals surface area (Å²) in [4.78, 5) is 23.4. The lowest BCUT2D eigenvalue weighted by molar-refractivity contribution is -0.137. The van der Waals surface area contributed by atoms with Crippen molar-refractivity contribution < 1.29 is 9.90 Å². The van der Waals surface area contributed by atoms with Crippen LogP contribution >= 0.6 is 11.8 Å². The maximum atomic E-state index is 10.9. The van der Waals surface area contributed by atoms with Gasteiger partial charge >= 0.3 is 5.97 Å². The second-order valence-corrected chi connectivity index (χ2v) is 5.56. The Morgan fingerprint density at radius 1 is 1.27 bits per heavy atom. The molecule has 1 aromatic carbocycles. The van der Waals surface area contributed by atoms with Gasteiger partial charge in [-0.3, -0.25) is 4.79 Å². The number of nitrogens with two attached hydrogens (primary N) is 1. The summed E-state index contributed by atoms with van der Waals surface area (Å²) in [5, 5.41) is 9.56. The quantitative estimate of drug-likeness (QED) is 0.546. The van der Waals surface area contributed by atoms with Gasteiger partial charge in [0.05, 0.1) is 6.33 Å². The molecule has 3 rings (SSSR count). The fourth-order valence-electron chi connectivity index (χ4n) is 2.02. The van der Waals surface area contributed by atoms with Crippen LogP contribution < -0.4 is 5.73 Å².